The van der Waals surface area contributed by atoms with Crippen LogP contribution in [-0.2, 0) is 14.4 Å². The van der Waals surface area contributed by atoms with E-state index in [9.17, 15) is 34.3 Å². The van der Waals surface area contributed by atoms with Gasteiger partial charge in [-0.25, -0.2) is 0 Å². The highest BCUT2D eigenvalue weighted by Crippen LogP contribution is 2.05. The van der Waals surface area contributed by atoms with E-state index in [-0.39, 0.29) is 42.9 Å². The van der Waals surface area contributed by atoms with Crippen molar-refractivity contribution in [3.63, 3.8) is 0 Å². The summed E-state index contributed by atoms with van der Waals surface area (Å²) in [5.74, 6) is -2.27. The van der Waals surface area contributed by atoms with E-state index in [1.54, 1.807) is 0 Å². The third-order valence-corrected chi connectivity index (χ3v) is 6.22. The number of amides is 3. The predicted molar refractivity (Wildman–Crippen MR) is 149 cm³/mol. The minimum Gasteiger partial charge on any atom is -0.480 e. The molecule has 3 atom stereocenters. The standard InChI is InChI=1S/C26H43BN4O9/c1-2-28-22(26(37)38)8-4-6-15-29-23(34)14-13-21(25(36)30-16-5-3-7-20(33)17-32)31-24(35)18-9-11-19(12-10-18)27(39)40/h9-12,20-22,28,32-33,39-40H,2-8,13-17H2,1H3,(H,29,34)(H,30,36)(H,31,35)(H,37,38)/t20?,21?,22-/m0/s1. The first-order valence-corrected chi connectivity index (χ1v) is 13.6. The average Bonchev–Trinajstić information content (AvgIpc) is 2.93. The zero-order valence-corrected chi connectivity index (χ0v) is 23.0. The van der Waals surface area contributed by atoms with Crippen molar-refractivity contribution in [2.24, 2.45) is 0 Å². The summed E-state index contributed by atoms with van der Waals surface area (Å²) in [6, 6.07) is 3.89. The summed E-state index contributed by atoms with van der Waals surface area (Å²) in [5, 5.41) is 56.9. The van der Waals surface area contributed by atoms with Gasteiger partial charge in [0, 0.05) is 25.1 Å². The van der Waals surface area contributed by atoms with Gasteiger partial charge in [-0.3, -0.25) is 19.2 Å². The fraction of sp³-hybridized carbons (Fsp3) is 0.615. The lowest BCUT2D eigenvalue weighted by Gasteiger charge is -2.19. The van der Waals surface area contributed by atoms with Crippen LogP contribution in [0.15, 0.2) is 24.3 Å². The number of carbonyl (C=O) groups excluding carboxylic acids is 3. The Morgan fingerprint density at radius 2 is 1.50 bits per heavy atom. The molecule has 40 heavy (non-hydrogen) atoms. The Kier molecular flexibility index (Phi) is 17.4. The number of hydrogen-bond acceptors (Lipinski definition) is 9. The van der Waals surface area contributed by atoms with Crippen molar-refractivity contribution in [1.82, 2.24) is 21.3 Å². The second-order valence-corrected chi connectivity index (χ2v) is 9.48. The van der Waals surface area contributed by atoms with Gasteiger partial charge < -0.3 is 46.6 Å². The lowest BCUT2D eigenvalue weighted by Crippen LogP contribution is -2.47. The maximum absolute atomic E-state index is 12.8. The highest BCUT2D eigenvalue weighted by atomic mass is 16.4. The van der Waals surface area contributed by atoms with Crippen LogP contribution in [0.5, 0.6) is 0 Å². The summed E-state index contributed by atoms with van der Waals surface area (Å²) in [5.41, 5.74) is 0.399. The summed E-state index contributed by atoms with van der Waals surface area (Å²) >= 11 is 0. The molecule has 0 heterocycles. The Labute approximate surface area is 234 Å². The second-order valence-electron chi connectivity index (χ2n) is 9.48. The first-order valence-electron chi connectivity index (χ1n) is 13.6. The molecule has 2 unspecified atom stereocenters. The number of aliphatic hydroxyl groups is 2. The highest BCUT2D eigenvalue weighted by molar-refractivity contribution is 6.58. The van der Waals surface area contributed by atoms with Gasteiger partial charge in [0.2, 0.25) is 11.8 Å². The number of aliphatic carboxylic acids is 1. The molecule has 1 aromatic rings. The first-order chi connectivity index (χ1) is 19.1. The van der Waals surface area contributed by atoms with Crippen LogP contribution < -0.4 is 26.7 Å². The van der Waals surface area contributed by atoms with E-state index in [2.05, 4.69) is 21.3 Å². The summed E-state index contributed by atoms with van der Waals surface area (Å²) in [4.78, 5) is 49.1. The maximum Gasteiger partial charge on any atom is 0.488 e. The van der Waals surface area contributed by atoms with E-state index in [1.807, 2.05) is 6.92 Å². The molecule has 9 N–H and O–H groups in total. The zero-order valence-electron chi connectivity index (χ0n) is 23.0. The van der Waals surface area contributed by atoms with E-state index in [1.165, 1.54) is 24.3 Å². The number of carboxylic acid groups (broad SMARTS) is 1. The molecule has 0 radical (unpaired) electrons. The number of nitrogens with one attached hydrogen (secondary N) is 4. The molecule has 0 aliphatic heterocycles. The number of hydrogen-bond donors (Lipinski definition) is 9. The molecular formula is C26H43BN4O9. The van der Waals surface area contributed by atoms with E-state index in [0.717, 1.165) is 0 Å². The fourth-order valence-electron chi connectivity index (χ4n) is 3.87. The van der Waals surface area contributed by atoms with Crippen LogP contribution >= 0.6 is 0 Å². The lowest BCUT2D eigenvalue weighted by atomic mass is 9.80. The van der Waals surface area contributed by atoms with Gasteiger partial charge in [-0.2, -0.15) is 0 Å². The van der Waals surface area contributed by atoms with Gasteiger partial charge in [-0.15, -0.1) is 0 Å². The van der Waals surface area contributed by atoms with Crippen molar-refractivity contribution in [1.29, 1.82) is 0 Å². The summed E-state index contributed by atoms with van der Waals surface area (Å²) in [6.45, 7) is 2.67. The van der Waals surface area contributed by atoms with Gasteiger partial charge in [0.15, 0.2) is 0 Å². The number of carboxylic acids is 1. The van der Waals surface area contributed by atoms with Crippen LogP contribution in [0.3, 0.4) is 0 Å². The third kappa shape index (κ3) is 14.4. The number of aliphatic hydroxyl groups excluding tert-OH is 2. The van der Waals surface area contributed by atoms with Crippen molar-refractivity contribution < 1.29 is 44.5 Å². The summed E-state index contributed by atoms with van der Waals surface area (Å²) in [6.07, 6.45) is 2.32. The van der Waals surface area contributed by atoms with Crippen LogP contribution in [0, 0.1) is 0 Å². The van der Waals surface area contributed by atoms with E-state index in [4.69, 9.17) is 10.2 Å². The molecule has 0 fully saturated rings. The molecule has 0 bridgehead atoms. The fourth-order valence-corrected chi connectivity index (χ4v) is 3.87. The van der Waals surface area contributed by atoms with Gasteiger partial charge in [-0.1, -0.05) is 19.1 Å². The topological polar surface area (TPSA) is 218 Å². The van der Waals surface area contributed by atoms with E-state index >= 15 is 0 Å². The minimum atomic E-state index is -1.68. The molecule has 0 spiro atoms. The molecule has 0 saturated carbocycles. The minimum absolute atomic E-state index is 0.0293. The van der Waals surface area contributed by atoms with Crippen LogP contribution in [0.25, 0.3) is 0 Å². The van der Waals surface area contributed by atoms with Gasteiger partial charge in [0.25, 0.3) is 5.91 Å². The monoisotopic (exact) mass is 566 g/mol. The van der Waals surface area contributed by atoms with Crippen molar-refractivity contribution in [2.75, 3.05) is 26.2 Å². The van der Waals surface area contributed by atoms with Crippen molar-refractivity contribution >= 4 is 36.3 Å². The second kappa shape index (κ2) is 19.9. The maximum atomic E-state index is 12.8. The Balaban J connectivity index is 2.62. The zero-order chi connectivity index (χ0) is 29.9. The van der Waals surface area contributed by atoms with Crippen LogP contribution in [0.4, 0.5) is 0 Å². The predicted octanol–water partition coefficient (Wildman–Crippen LogP) is -1.77. The Bertz CT molecular complexity index is 918. The molecular weight excluding hydrogens is 523 g/mol. The first kappa shape index (κ1) is 35.0. The van der Waals surface area contributed by atoms with Gasteiger partial charge in [-0.05, 0) is 69.1 Å². The smallest absolute Gasteiger partial charge is 0.480 e. The Hall–Kier alpha value is -3.04. The molecule has 224 valence electrons. The van der Waals surface area contributed by atoms with Gasteiger partial charge in [0.1, 0.15) is 12.1 Å². The number of unbranched alkanes of at least 4 members (excludes halogenated alkanes) is 2. The third-order valence-electron chi connectivity index (χ3n) is 6.22. The van der Waals surface area contributed by atoms with Crippen molar-refractivity contribution in [2.45, 2.75) is 76.5 Å². The molecule has 3 amide bonds. The Morgan fingerprint density at radius 1 is 0.875 bits per heavy atom. The van der Waals surface area contributed by atoms with Crippen molar-refractivity contribution in [3.05, 3.63) is 29.8 Å². The molecule has 0 aliphatic rings. The largest absolute Gasteiger partial charge is 0.488 e. The van der Waals surface area contributed by atoms with Crippen LogP contribution in [0.2, 0.25) is 0 Å². The molecule has 0 aliphatic carbocycles. The van der Waals surface area contributed by atoms with Crippen molar-refractivity contribution in [3.8, 4) is 0 Å². The molecule has 0 aromatic heterocycles. The lowest BCUT2D eigenvalue weighted by molar-refractivity contribution is -0.139. The van der Waals surface area contributed by atoms with Gasteiger partial charge >= 0.3 is 13.1 Å². The molecule has 13 nitrogen and oxygen atoms in total. The molecule has 0 saturated heterocycles. The van der Waals surface area contributed by atoms with Crippen LogP contribution in [-0.4, -0.2) is 101 Å². The van der Waals surface area contributed by atoms with E-state index in [0.29, 0.717) is 51.6 Å². The highest BCUT2D eigenvalue weighted by Gasteiger charge is 2.23. The normalized spacial score (nSPS) is 13.1. The molecule has 1 rings (SSSR count). The number of rotatable bonds is 21. The number of carbonyl (C=O) groups is 4. The molecule has 1 aromatic carbocycles. The van der Waals surface area contributed by atoms with Gasteiger partial charge in [0.05, 0.1) is 12.7 Å². The van der Waals surface area contributed by atoms with Crippen LogP contribution in [0.1, 0.15) is 68.6 Å². The number of benzene rings is 1. The van der Waals surface area contributed by atoms with E-state index < -0.39 is 43.1 Å². The summed E-state index contributed by atoms with van der Waals surface area (Å²) in [7, 11) is -1.68. The SMILES string of the molecule is CCN[C@@H](CCCCNC(=O)CCC(NC(=O)c1ccc(B(O)O)cc1)C(=O)NCCCCC(O)CO)C(=O)O. The Morgan fingerprint density at radius 3 is 2.08 bits per heavy atom. The quantitative estimate of drug-likeness (QED) is 0.0603. The number of likely N-dealkylation sites (N-methyl/N-ethyl adjacent to an activating group) is 1. The molecule has 14 heteroatoms. The summed E-state index contributed by atoms with van der Waals surface area (Å²) < 4.78 is 0. The average molecular weight is 566 g/mol.